The summed E-state index contributed by atoms with van der Waals surface area (Å²) in [7, 11) is -1.88. The molecule has 0 amide bonds. The van der Waals surface area contributed by atoms with E-state index in [9.17, 15) is 4.89 Å². The average Bonchev–Trinajstić information content (AvgIpc) is 2.81. The first-order valence-corrected chi connectivity index (χ1v) is 13.9. The Morgan fingerprint density at radius 1 is 0.719 bits per heavy atom. The standard InChI is InChI=1S/C28H43O3P/c1-2-3-4-5-6-7-8-9-10-11-12-13-14-15-16-19-25-30-32(29)31-28-24-20-22-26-21-17-18-23-27(26)28/h9-10,17-18,20-24,29H,2-8,11-16,19,25H2,1H3. The molecule has 1 unspecified atom stereocenters. The van der Waals surface area contributed by atoms with E-state index in [1.807, 2.05) is 42.5 Å². The van der Waals surface area contributed by atoms with E-state index in [0.717, 1.165) is 23.6 Å². The van der Waals surface area contributed by atoms with Crippen LogP contribution in [0.5, 0.6) is 5.75 Å². The Kier molecular flexibility index (Phi) is 15.2. The lowest BCUT2D eigenvalue weighted by molar-refractivity contribution is 0.254. The number of hydrogen-bond acceptors (Lipinski definition) is 3. The molecule has 0 saturated heterocycles. The largest absolute Gasteiger partial charge is 0.426 e. The molecule has 0 saturated carbocycles. The lowest BCUT2D eigenvalue weighted by atomic mass is 10.1. The van der Waals surface area contributed by atoms with Crippen LogP contribution in [-0.4, -0.2) is 11.5 Å². The van der Waals surface area contributed by atoms with Crippen molar-refractivity contribution in [3.05, 3.63) is 54.6 Å². The number of unbranched alkanes of at least 4 members (excludes halogenated alkanes) is 12. The topological polar surface area (TPSA) is 38.7 Å². The maximum Gasteiger partial charge on any atom is 0.394 e. The van der Waals surface area contributed by atoms with Gasteiger partial charge in [-0.15, -0.1) is 0 Å². The van der Waals surface area contributed by atoms with Crippen molar-refractivity contribution in [2.45, 2.75) is 96.8 Å². The highest BCUT2D eigenvalue weighted by Gasteiger charge is 2.11. The molecule has 4 heteroatoms. The minimum Gasteiger partial charge on any atom is -0.426 e. The van der Waals surface area contributed by atoms with Crippen LogP contribution in [-0.2, 0) is 4.52 Å². The van der Waals surface area contributed by atoms with Gasteiger partial charge in [0.05, 0.1) is 6.61 Å². The Hall–Kier alpha value is -1.41. The van der Waals surface area contributed by atoms with Crippen LogP contribution in [0.25, 0.3) is 10.8 Å². The molecule has 1 N–H and O–H groups in total. The lowest BCUT2D eigenvalue weighted by Gasteiger charge is -2.13. The number of allylic oxidation sites excluding steroid dienone is 2. The van der Waals surface area contributed by atoms with E-state index in [0.29, 0.717) is 12.4 Å². The van der Waals surface area contributed by atoms with Gasteiger partial charge in [0.2, 0.25) is 0 Å². The smallest absolute Gasteiger partial charge is 0.394 e. The Labute approximate surface area is 197 Å². The molecule has 0 bridgehead atoms. The van der Waals surface area contributed by atoms with Crippen LogP contribution < -0.4 is 4.52 Å². The molecule has 0 aromatic heterocycles. The van der Waals surface area contributed by atoms with Crippen molar-refractivity contribution in [2.24, 2.45) is 0 Å². The highest BCUT2D eigenvalue weighted by atomic mass is 31.2. The summed E-state index contributed by atoms with van der Waals surface area (Å²) < 4.78 is 11.2. The third-order valence-electron chi connectivity index (χ3n) is 5.78. The molecule has 32 heavy (non-hydrogen) atoms. The normalized spacial score (nSPS) is 12.6. The van der Waals surface area contributed by atoms with Gasteiger partial charge in [0.25, 0.3) is 0 Å². The summed E-state index contributed by atoms with van der Waals surface area (Å²) in [5.41, 5.74) is 0. The molecular formula is C28H43O3P. The summed E-state index contributed by atoms with van der Waals surface area (Å²) in [6.45, 7) is 2.82. The number of rotatable bonds is 19. The van der Waals surface area contributed by atoms with E-state index >= 15 is 0 Å². The molecular weight excluding hydrogens is 415 g/mol. The van der Waals surface area contributed by atoms with Crippen molar-refractivity contribution in [3.63, 3.8) is 0 Å². The molecule has 0 heterocycles. The Morgan fingerprint density at radius 2 is 1.31 bits per heavy atom. The molecule has 0 aliphatic carbocycles. The zero-order valence-electron chi connectivity index (χ0n) is 20.0. The van der Waals surface area contributed by atoms with Gasteiger partial charge in [0, 0.05) is 5.39 Å². The molecule has 0 aliphatic rings. The van der Waals surface area contributed by atoms with Gasteiger partial charge in [0.15, 0.2) is 0 Å². The van der Waals surface area contributed by atoms with Crippen LogP contribution in [0, 0.1) is 0 Å². The molecule has 2 rings (SSSR count). The SMILES string of the molecule is CCCCCCCCC=CCCCCCCCCOP(O)Oc1cccc2ccccc12. The number of fused-ring (bicyclic) bond motifs is 1. The summed E-state index contributed by atoms with van der Waals surface area (Å²) in [5.74, 6) is 0.678. The van der Waals surface area contributed by atoms with Crippen LogP contribution in [0.1, 0.15) is 96.8 Å². The van der Waals surface area contributed by atoms with Crippen molar-refractivity contribution >= 4 is 19.4 Å². The van der Waals surface area contributed by atoms with Crippen molar-refractivity contribution in [1.82, 2.24) is 0 Å². The van der Waals surface area contributed by atoms with Crippen molar-refractivity contribution < 1.29 is 13.9 Å². The second-order valence-corrected chi connectivity index (χ2v) is 9.49. The molecule has 178 valence electrons. The highest BCUT2D eigenvalue weighted by Crippen LogP contribution is 2.38. The van der Waals surface area contributed by atoms with Crippen LogP contribution in [0.15, 0.2) is 54.6 Å². The van der Waals surface area contributed by atoms with Gasteiger partial charge < -0.3 is 13.9 Å². The van der Waals surface area contributed by atoms with Gasteiger partial charge >= 0.3 is 8.60 Å². The van der Waals surface area contributed by atoms with Crippen molar-refractivity contribution in [3.8, 4) is 5.75 Å². The van der Waals surface area contributed by atoms with E-state index in [-0.39, 0.29) is 0 Å². The van der Waals surface area contributed by atoms with Crippen LogP contribution >= 0.6 is 8.60 Å². The minimum atomic E-state index is -1.88. The number of hydrogen-bond donors (Lipinski definition) is 1. The molecule has 2 aromatic rings. The van der Waals surface area contributed by atoms with E-state index < -0.39 is 8.60 Å². The second-order valence-electron chi connectivity index (χ2n) is 8.58. The summed E-state index contributed by atoms with van der Waals surface area (Å²) in [6.07, 6.45) is 22.7. The minimum absolute atomic E-state index is 0.550. The summed E-state index contributed by atoms with van der Waals surface area (Å²) in [5, 5.41) is 2.10. The second kappa shape index (κ2) is 18.1. The summed E-state index contributed by atoms with van der Waals surface area (Å²) in [4.78, 5) is 10.1. The van der Waals surface area contributed by atoms with Gasteiger partial charge in [-0.1, -0.05) is 113 Å². The Morgan fingerprint density at radius 3 is 2.03 bits per heavy atom. The van der Waals surface area contributed by atoms with E-state index in [1.165, 1.54) is 77.0 Å². The molecule has 0 fully saturated rings. The third kappa shape index (κ3) is 12.0. The number of benzene rings is 2. The van der Waals surface area contributed by atoms with E-state index in [4.69, 9.17) is 9.05 Å². The lowest BCUT2D eigenvalue weighted by Crippen LogP contribution is -1.95. The van der Waals surface area contributed by atoms with Crippen molar-refractivity contribution in [2.75, 3.05) is 6.61 Å². The Bertz CT molecular complexity index is 741. The molecule has 2 aromatic carbocycles. The molecule has 0 spiro atoms. The van der Waals surface area contributed by atoms with Crippen LogP contribution in [0.4, 0.5) is 0 Å². The first-order chi connectivity index (χ1) is 15.8. The molecule has 1 atom stereocenters. The fourth-order valence-corrected chi connectivity index (χ4v) is 4.54. The van der Waals surface area contributed by atoms with Gasteiger partial charge in [-0.25, -0.2) is 0 Å². The first kappa shape index (κ1) is 26.8. The van der Waals surface area contributed by atoms with Gasteiger partial charge in [-0.3, -0.25) is 0 Å². The quantitative estimate of drug-likeness (QED) is 0.129. The van der Waals surface area contributed by atoms with E-state index in [1.54, 1.807) is 0 Å². The molecule has 3 nitrogen and oxygen atoms in total. The van der Waals surface area contributed by atoms with Crippen LogP contribution in [0.2, 0.25) is 0 Å². The average molecular weight is 459 g/mol. The third-order valence-corrected chi connectivity index (χ3v) is 6.54. The van der Waals surface area contributed by atoms with Crippen molar-refractivity contribution in [1.29, 1.82) is 0 Å². The summed E-state index contributed by atoms with van der Waals surface area (Å²) >= 11 is 0. The van der Waals surface area contributed by atoms with E-state index in [2.05, 4.69) is 19.1 Å². The van der Waals surface area contributed by atoms with Gasteiger partial charge in [-0.05, 0) is 43.6 Å². The zero-order valence-corrected chi connectivity index (χ0v) is 20.9. The summed E-state index contributed by atoms with van der Waals surface area (Å²) in [6, 6.07) is 13.9. The zero-order chi connectivity index (χ0) is 22.7. The van der Waals surface area contributed by atoms with Gasteiger partial charge in [-0.2, -0.15) is 0 Å². The van der Waals surface area contributed by atoms with Crippen LogP contribution in [0.3, 0.4) is 0 Å². The highest BCUT2D eigenvalue weighted by molar-refractivity contribution is 7.41. The Balaban J connectivity index is 1.39. The maximum absolute atomic E-state index is 10.1. The first-order valence-electron chi connectivity index (χ1n) is 12.7. The maximum atomic E-state index is 10.1. The monoisotopic (exact) mass is 458 g/mol. The molecule has 0 aliphatic heterocycles. The predicted octanol–water partition coefficient (Wildman–Crippen LogP) is 9.49. The fraction of sp³-hybridized carbons (Fsp3) is 0.571. The fourth-order valence-electron chi connectivity index (χ4n) is 3.88. The van der Waals surface area contributed by atoms with Gasteiger partial charge in [0.1, 0.15) is 5.75 Å². The predicted molar refractivity (Wildman–Crippen MR) is 139 cm³/mol. The molecule has 0 radical (unpaired) electrons.